The van der Waals surface area contributed by atoms with Crippen LogP contribution in [0.25, 0.3) is 0 Å². The van der Waals surface area contributed by atoms with Crippen molar-refractivity contribution < 1.29 is 23.8 Å². The van der Waals surface area contributed by atoms with Crippen molar-refractivity contribution in [2.24, 2.45) is 0 Å². The van der Waals surface area contributed by atoms with Gasteiger partial charge in [-0.2, -0.15) is 0 Å². The molecule has 7 heteroatoms. The van der Waals surface area contributed by atoms with Gasteiger partial charge in [0.15, 0.2) is 11.4 Å². The second-order valence-electron chi connectivity index (χ2n) is 7.84. The molecule has 3 fully saturated rings. The Balaban J connectivity index is 1.38. The Bertz CT molecular complexity index is 684. The number of aliphatic hydroxyl groups is 1. The summed E-state index contributed by atoms with van der Waals surface area (Å²) in [6.07, 6.45) is 2.64. The minimum atomic E-state index is -1.41. The van der Waals surface area contributed by atoms with Crippen molar-refractivity contribution in [3.63, 3.8) is 0 Å². The molecule has 1 aromatic carbocycles. The molecule has 0 saturated carbocycles. The Kier molecular flexibility index (Phi) is 5.20. The van der Waals surface area contributed by atoms with Crippen LogP contribution in [0.2, 0.25) is 0 Å². The Labute approximate surface area is 158 Å². The van der Waals surface area contributed by atoms with Crippen molar-refractivity contribution in [1.29, 1.82) is 0 Å². The number of halogens is 1. The maximum absolute atomic E-state index is 13.9. The van der Waals surface area contributed by atoms with Crippen LogP contribution in [0.5, 0.6) is 0 Å². The van der Waals surface area contributed by atoms with Crippen LogP contribution in [0.1, 0.15) is 31.2 Å². The molecule has 1 N–H and O–H groups in total. The van der Waals surface area contributed by atoms with E-state index in [0.29, 0.717) is 44.7 Å². The predicted octanol–water partition coefficient (Wildman–Crippen LogP) is 1.52. The molecule has 4 rings (SSSR count). The number of carbonyl (C=O) groups excluding carboxylic acids is 1. The normalized spacial score (nSPS) is 28.8. The lowest BCUT2D eigenvalue weighted by Crippen LogP contribution is -2.59. The second-order valence-corrected chi connectivity index (χ2v) is 7.84. The maximum atomic E-state index is 13.9. The molecule has 3 heterocycles. The molecule has 0 radical (unpaired) electrons. The number of hydrogen-bond acceptors (Lipinski definition) is 5. The molecule has 0 unspecified atom stereocenters. The fourth-order valence-corrected chi connectivity index (χ4v) is 4.40. The molecule has 27 heavy (non-hydrogen) atoms. The molecular weight excluding hydrogens is 351 g/mol. The standard InChI is InChI=1S/C20H27FN2O4/c21-17-5-2-1-4-16(17)14-23-9-3-6-19(25,18(23)24)15-22-10-7-20(8-11-22)26-12-13-27-20/h1-2,4-5,25H,3,6-15H2/t19-/m1/s1. The molecule has 1 atom stereocenters. The monoisotopic (exact) mass is 378 g/mol. The van der Waals surface area contributed by atoms with Crippen molar-refractivity contribution >= 4 is 5.91 Å². The van der Waals surface area contributed by atoms with Crippen LogP contribution in [0, 0.1) is 5.82 Å². The van der Waals surface area contributed by atoms with E-state index in [2.05, 4.69) is 4.90 Å². The highest BCUT2D eigenvalue weighted by Crippen LogP contribution is 2.33. The predicted molar refractivity (Wildman–Crippen MR) is 96.3 cm³/mol. The van der Waals surface area contributed by atoms with Gasteiger partial charge >= 0.3 is 0 Å². The van der Waals surface area contributed by atoms with Gasteiger partial charge in [0.25, 0.3) is 5.91 Å². The van der Waals surface area contributed by atoms with Crippen molar-refractivity contribution in [3.8, 4) is 0 Å². The molecule has 0 aromatic heterocycles. The average molecular weight is 378 g/mol. The summed E-state index contributed by atoms with van der Waals surface area (Å²) in [6.45, 7) is 3.75. The fourth-order valence-electron chi connectivity index (χ4n) is 4.40. The minimum Gasteiger partial charge on any atom is -0.379 e. The molecule has 0 aliphatic carbocycles. The first-order valence-electron chi connectivity index (χ1n) is 9.75. The van der Waals surface area contributed by atoms with Crippen LogP contribution in [-0.4, -0.2) is 71.6 Å². The van der Waals surface area contributed by atoms with Crippen LogP contribution in [0.3, 0.4) is 0 Å². The average Bonchev–Trinajstić information content (AvgIpc) is 3.11. The van der Waals surface area contributed by atoms with E-state index in [1.807, 2.05) is 0 Å². The van der Waals surface area contributed by atoms with E-state index >= 15 is 0 Å². The van der Waals surface area contributed by atoms with E-state index in [1.54, 1.807) is 23.1 Å². The first kappa shape index (κ1) is 18.8. The summed E-state index contributed by atoms with van der Waals surface area (Å²) in [4.78, 5) is 16.7. The van der Waals surface area contributed by atoms with Gasteiger partial charge in [-0.1, -0.05) is 18.2 Å². The Morgan fingerprint density at radius 1 is 1.07 bits per heavy atom. The summed E-state index contributed by atoms with van der Waals surface area (Å²) in [7, 11) is 0. The number of rotatable bonds is 4. The van der Waals surface area contributed by atoms with Crippen LogP contribution in [-0.2, 0) is 20.8 Å². The van der Waals surface area contributed by atoms with Gasteiger partial charge in [-0.3, -0.25) is 9.69 Å². The van der Waals surface area contributed by atoms with E-state index in [9.17, 15) is 14.3 Å². The van der Waals surface area contributed by atoms with Gasteiger partial charge in [0, 0.05) is 51.1 Å². The zero-order chi connectivity index (χ0) is 18.9. The highest BCUT2D eigenvalue weighted by atomic mass is 19.1. The number of amides is 1. The van der Waals surface area contributed by atoms with Crippen LogP contribution < -0.4 is 0 Å². The minimum absolute atomic E-state index is 0.193. The topological polar surface area (TPSA) is 62.2 Å². The zero-order valence-electron chi connectivity index (χ0n) is 15.5. The van der Waals surface area contributed by atoms with E-state index < -0.39 is 11.4 Å². The number of benzene rings is 1. The third-order valence-corrected chi connectivity index (χ3v) is 5.94. The van der Waals surface area contributed by atoms with Crippen LogP contribution in [0.15, 0.2) is 24.3 Å². The molecular formula is C20H27FN2O4. The number of hydrogen-bond donors (Lipinski definition) is 1. The fraction of sp³-hybridized carbons (Fsp3) is 0.650. The molecule has 148 valence electrons. The first-order chi connectivity index (χ1) is 13.0. The Morgan fingerprint density at radius 3 is 2.48 bits per heavy atom. The molecule has 6 nitrogen and oxygen atoms in total. The summed E-state index contributed by atoms with van der Waals surface area (Å²) in [5.41, 5.74) is -0.934. The molecule has 1 aromatic rings. The molecule has 0 bridgehead atoms. The van der Waals surface area contributed by atoms with Gasteiger partial charge in [-0.05, 0) is 18.9 Å². The van der Waals surface area contributed by atoms with Crippen molar-refractivity contribution in [3.05, 3.63) is 35.6 Å². The third kappa shape index (κ3) is 3.87. The van der Waals surface area contributed by atoms with E-state index in [4.69, 9.17) is 9.47 Å². The lowest BCUT2D eigenvalue weighted by atomic mass is 9.89. The SMILES string of the molecule is O=C1N(Cc2ccccc2F)CCC[C@@]1(O)CN1CCC2(CC1)OCCO2. The number of carbonyl (C=O) groups is 1. The van der Waals surface area contributed by atoms with Crippen LogP contribution in [0.4, 0.5) is 4.39 Å². The molecule has 3 aliphatic rings. The number of piperidine rings is 2. The number of ether oxygens (including phenoxy) is 2. The summed E-state index contributed by atoms with van der Waals surface area (Å²) in [6, 6.07) is 6.47. The number of nitrogens with zero attached hydrogens (tertiary/aromatic N) is 2. The summed E-state index contributed by atoms with van der Waals surface area (Å²) in [5, 5.41) is 11.1. The highest BCUT2D eigenvalue weighted by Gasteiger charge is 2.46. The van der Waals surface area contributed by atoms with Gasteiger partial charge in [-0.15, -0.1) is 0 Å². The van der Waals surface area contributed by atoms with Gasteiger partial charge < -0.3 is 19.5 Å². The summed E-state index contributed by atoms with van der Waals surface area (Å²) < 4.78 is 25.4. The van der Waals surface area contributed by atoms with E-state index in [0.717, 1.165) is 25.9 Å². The first-order valence-corrected chi connectivity index (χ1v) is 9.75. The molecule has 3 aliphatic heterocycles. The van der Waals surface area contributed by atoms with Gasteiger partial charge in [0.1, 0.15) is 5.82 Å². The van der Waals surface area contributed by atoms with Crippen molar-refractivity contribution in [1.82, 2.24) is 9.80 Å². The second kappa shape index (κ2) is 7.47. The maximum Gasteiger partial charge on any atom is 0.256 e. The van der Waals surface area contributed by atoms with E-state index in [1.165, 1.54) is 6.07 Å². The lowest BCUT2D eigenvalue weighted by molar-refractivity contribution is -0.191. The largest absolute Gasteiger partial charge is 0.379 e. The zero-order valence-corrected chi connectivity index (χ0v) is 15.5. The van der Waals surface area contributed by atoms with Crippen molar-refractivity contribution in [2.45, 2.75) is 43.6 Å². The van der Waals surface area contributed by atoms with Crippen LogP contribution >= 0.6 is 0 Å². The van der Waals surface area contributed by atoms with Gasteiger partial charge in [0.05, 0.1) is 13.2 Å². The highest BCUT2D eigenvalue weighted by molar-refractivity contribution is 5.86. The Morgan fingerprint density at radius 2 is 1.78 bits per heavy atom. The summed E-state index contributed by atoms with van der Waals surface area (Å²) >= 11 is 0. The number of likely N-dealkylation sites (tertiary alicyclic amines) is 2. The number of β-amino-alcohol motifs (C(OH)–C–C–N with tert-alkyl or cyclic N) is 1. The summed E-state index contributed by atoms with van der Waals surface area (Å²) in [5.74, 6) is -1.09. The Hall–Kier alpha value is -1.54. The van der Waals surface area contributed by atoms with Crippen molar-refractivity contribution in [2.75, 3.05) is 39.4 Å². The molecule has 3 saturated heterocycles. The quantitative estimate of drug-likeness (QED) is 0.861. The van der Waals surface area contributed by atoms with Gasteiger partial charge in [0.2, 0.25) is 0 Å². The molecule has 1 amide bonds. The van der Waals surface area contributed by atoms with E-state index in [-0.39, 0.29) is 18.3 Å². The third-order valence-electron chi connectivity index (χ3n) is 5.94. The van der Waals surface area contributed by atoms with Gasteiger partial charge in [-0.25, -0.2) is 4.39 Å². The lowest BCUT2D eigenvalue weighted by Gasteiger charge is -2.43. The molecule has 1 spiro atoms. The smallest absolute Gasteiger partial charge is 0.256 e.